The molecule has 2 atom stereocenters. The van der Waals surface area contributed by atoms with Crippen molar-refractivity contribution in [1.29, 1.82) is 0 Å². The number of para-hydroxylation sites is 1. The number of guanidine groups is 1. The summed E-state index contributed by atoms with van der Waals surface area (Å²) in [4.78, 5) is 6.21. The van der Waals surface area contributed by atoms with E-state index in [1.165, 1.54) is 46.9 Å². The first-order valence-corrected chi connectivity index (χ1v) is 12.8. The van der Waals surface area contributed by atoms with E-state index in [4.69, 9.17) is 10.7 Å². The van der Waals surface area contributed by atoms with Gasteiger partial charge in [-0.3, -0.25) is 0 Å². The summed E-state index contributed by atoms with van der Waals surface area (Å²) in [6.07, 6.45) is 7.13. The Hall–Kier alpha value is -2.50. The molecule has 1 aliphatic carbocycles. The Morgan fingerprint density at radius 2 is 1.78 bits per heavy atom. The minimum Gasteiger partial charge on any atom is -0.356 e. The highest BCUT2D eigenvalue weighted by molar-refractivity contribution is 7.98. The fourth-order valence-corrected chi connectivity index (χ4v) is 5.21. The molecule has 0 aliphatic heterocycles. The molecular weight excluding hydrogens is 412 g/mol. The number of anilines is 1. The van der Waals surface area contributed by atoms with Crippen LogP contribution in [0, 0.1) is 11.8 Å². The predicted octanol–water partition coefficient (Wildman–Crippen LogP) is 5.88. The summed E-state index contributed by atoms with van der Waals surface area (Å²) in [6, 6.07) is 23.4. The van der Waals surface area contributed by atoms with E-state index in [0.29, 0.717) is 18.4 Å². The molecule has 0 saturated heterocycles. The van der Waals surface area contributed by atoms with Gasteiger partial charge in [-0.25, -0.2) is 4.99 Å². The Balaban J connectivity index is 1.53. The van der Waals surface area contributed by atoms with Crippen LogP contribution in [0.4, 0.5) is 5.69 Å². The lowest BCUT2D eigenvalue weighted by molar-refractivity contribution is 0.272. The highest BCUT2D eigenvalue weighted by Gasteiger charge is 2.21. The zero-order valence-electron chi connectivity index (χ0n) is 18.9. The van der Waals surface area contributed by atoms with Crippen LogP contribution in [0.5, 0.6) is 0 Å². The van der Waals surface area contributed by atoms with E-state index in [9.17, 15) is 0 Å². The number of rotatable bonds is 7. The third kappa shape index (κ3) is 5.84. The van der Waals surface area contributed by atoms with Gasteiger partial charge in [-0.05, 0) is 72.4 Å². The van der Waals surface area contributed by atoms with Crippen LogP contribution in [-0.2, 0) is 6.54 Å². The number of hydrogen-bond acceptors (Lipinski definition) is 3. The van der Waals surface area contributed by atoms with Crippen molar-refractivity contribution in [3.63, 3.8) is 0 Å². The Labute approximate surface area is 196 Å². The van der Waals surface area contributed by atoms with Gasteiger partial charge in [0.1, 0.15) is 0 Å². The molecule has 168 valence electrons. The third-order valence-corrected chi connectivity index (χ3v) is 7.23. The zero-order chi connectivity index (χ0) is 22.2. The highest BCUT2D eigenvalue weighted by atomic mass is 32.2. The van der Waals surface area contributed by atoms with Crippen molar-refractivity contribution in [3.8, 4) is 0 Å². The molecule has 1 fully saturated rings. The number of nitrogens with one attached hydrogen (secondary N) is 2. The van der Waals surface area contributed by atoms with E-state index in [0.717, 1.165) is 24.7 Å². The summed E-state index contributed by atoms with van der Waals surface area (Å²) in [7, 11) is 0. The molecule has 0 aromatic heterocycles. The molecule has 32 heavy (non-hydrogen) atoms. The van der Waals surface area contributed by atoms with E-state index >= 15 is 0 Å². The lowest BCUT2D eigenvalue weighted by atomic mass is 9.81. The number of aliphatic imine (C=N–C) groups is 1. The summed E-state index contributed by atoms with van der Waals surface area (Å²) in [6.45, 7) is 2.37. The Morgan fingerprint density at radius 3 is 2.66 bits per heavy atom. The second-order valence-electron chi connectivity index (χ2n) is 8.64. The van der Waals surface area contributed by atoms with Gasteiger partial charge in [0.15, 0.2) is 5.96 Å². The minimum atomic E-state index is 0.633. The van der Waals surface area contributed by atoms with Gasteiger partial charge in [0.05, 0.1) is 12.2 Å². The molecule has 4 rings (SSSR count). The standard InChI is InChI=1S/C27H34N4S/c1-32-26-15-5-4-14-25(26)31-27(29-18-21-9-6-8-20(16-21)17-28)30-19-23-12-7-11-22-10-2-3-13-24(22)23/h2-5,7,10-15,20-21H,6,8-9,16-19,28H2,1H3,(H2,29,30,31). The third-order valence-electron chi connectivity index (χ3n) is 6.43. The summed E-state index contributed by atoms with van der Waals surface area (Å²) >= 11 is 1.74. The fourth-order valence-electron chi connectivity index (χ4n) is 4.65. The second kappa shape index (κ2) is 11.4. The van der Waals surface area contributed by atoms with Gasteiger partial charge in [-0.15, -0.1) is 11.8 Å². The van der Waals surface area contributed by atoms with Crippen molar-refractivity contribution < 1.29 is 0 Å². The van der Waals surface area contributed by atoms with Gasteiger partial charge in [-0.2, -0.15) is 0 Å². The van der Waals surface area contributed by atoms with Gasteiger partial charge in [0.2, 0.25) is 0 Å². The molecule has 3 aromatic carbocycles. The molecule has 1 saturated carbocycles. The Morgan fingerprint density at radius 1 is 1.00 bits per heavy atom. The number of fused-ring (bicyclic) bond motifs is 1. The quantitative estimate of drug-likeness (QED) is 0.241. The molecule has 0 heterocycles. The average molecular weight is 447 g/mol. The topological polar surface area (TPSA) is 62.4 Å². The number of thioether (sulfide) groups is 1. The summed E-state index contributed by atoms with van der Waals surface area (Å²) in [5.74, 6) is 2.16. The van der Waals surface area contributed by atoms with E-state index in [2.05, 4.69) is 83.6 Å². The normalized spacial score (nSPS) is 19.1. The summed E-state index contributed by atoms with van der Waals surface area (Å²) < 4.78 is 0. The number of nitrogens with zero attached hydrogens (tertiary/aromatic N) is 1. The van der Waals surface area contributed by atoms with Crippen LogP contribution in [0.3, 0.4) is 0 Å². The molecule has 0 spiro atoms. The van der Waals surface area contributed by atoms with Crippen LogP contribution < -0.4 is 16.4 Å². The maximum atomic E-state index is 5.95. The molecule has 0 radical (unpaired) electrons. The van der Waals surface area contributed by atoms with E-state index in [-0.39, 0.29) is 0 Å². The van der Waals surface area contributed by atoms with Crippen molar-refractivity contribution in [2.24, 2.45) is 22.6 Å². The Bertz CT molecular complexity index is 1040. The van der Waals surface area contributed by atoms with Gasteiger partial charge in [0, 0.05) is 11.4 Å². The van der Waals surface area contributed by atoms with Gasteiger partial charge in [-0.1, -0.05) is 61.0 Å². The van der Waals surface area contributed by atoms with E-state index in [1.54, 1.807) is 11.8 Å². The minimum absolute atomic E-state index is 0.633. The molecule has 4 nitrogen and oxygen atoms in total. The average Bonchev–Trinajstić information content (AvgIpc) is 2.86. The molecule has 3 aromatic rings. The molecule has 1 aliphatic rings. The maximum absolute atomic E-state index is 5.95. The summed E-state index contributed by atoms with van der Waals surface area (Å²) in [5, 5.41) is 9.74. The molecule has 4 N–H and O–H groups in total. The van der Waals surface area contributed by atoms with Crippen molar-refractivity contribution in [1.82, 2.24) is 5.32 Å². The van der Waals surface area contributed by atoms with Crippen LogP contribution >= 0.6 is 11.8 Å². The molecule has 5 heteroatoms. The van der Waals surface area contributed by atoms with Gasteiger partial charge >= 0.3 is 0 Å². The SMILES string of the molecule is CSc1ccccc1NC(=NCc1cccc2ccccc12)NCC1CCCC(CN)C1. The fraction of sp³-hybridized carbons (Fsp3) is 0.370. The predicted molar refractivity (Wildman–Crippen MR) is 139 cm³/mol. The first-order valence-electron chi connectivity index (χ1n) is 11.6. The first kappa shape index (κ1) is 22.7. The lowest BCUT2D eigenvalue weighted by Crippen LogP contribution is -2.37. The van der Waals surface area contributed by atoms with Crippen LogP contribution in [0.15, 0.2) is 76.6 Å². The van der Waals surface area contributed by atoms with Crippen LogP contribution in [-0.4, -0.2) is 25.3 Å². The van der Waals surface area contributed by atoms with Crippen molar-refractivity contribution in [3.05, 3.63) is 72.3 Å². The smallest absolute Gasteiger partial charge is 0.196 e. The van der Waals surface area contributed by atoms with Crippen LogP contribution in [0.1, 0.15) is 31.2 Å². The Kier molecular flexibility index (Phi) is 8.07. The zero-order valence-corrected chi connectivity index (χ0v) is 19.7. The maximum Gasteiger partial charge on any atom is 0.196 e. The van der Waals surface area contributed by atoms with Gasteiger partial charge in [0.25, 0.3) is 0 Å². The monoisotopic (exact) mass is 446 g/mol. The van der Waals surface area contributed by atoms with Crippen molar-refractivity contribution in [2.45, 2.75) is 37.1 Å². The highest BCUT2D eigenvalue weighted by Crippen LogP contribution is 2.28. The number of benzene rings is 3. The van der Waals surface area contributed by atoms with Crippen LogP contribution in [0.25, 0.3) is 10.8 Å². The van der Waals surface area contributed by atoms with Crippen molar-refractivity contribution in [2.75, 3.05) is 24.7 Å². The lowest BCUT2D eigenvalue weighted by Gasteiger charge is -2.29. The molecule has 2 unspecified atom stereocenters. The van der Waals surface area contributed by atoms with Crippen LogP contribution in [0.2, 0.25) is 0 Å². The van der Waals surface area contributed by atoms with E-state index < -0.39 is 0 Å². The summed E-state index contributed by atoms with van der Waals surface area (Å²) in [5.41, 5.74) is 8.28. The largest absolute Gasteiger partial charge is 0.356 e. The first-order chi connectivity index (χ1) is 15.8. The van der Waals surface area contributed by atoms with E-state index in [1.807, 2.05) is 0 Å². The van der Waals surface area contributed by atoms with Crippen molar-refractivity contribution >= 4 is 34.2 Å². The molecule has 0 amide bonds. The number of nitrogens with two attached hydrogens (primary N) is 1. The number of hydrogen-bond donors (Lipinski definition) is 3. The van der Waals surface area contributed by atoms with Gasteiger partial charge < -0.3 is 16.4 Å². The molecule has 0 bridgehead atoms. The second-order valence-corrected chi connectivity index (χ2v) is 9.49. The molecular formula is C27H34N4S.